The van der Waals surface area contributed by atoms with E-state index in [1.807, 2.05) is 0 Å². The molecule has 19 heavy (non-hydrogen) atoms. The number of halogens is 1. The van der Waals surface area contributed by atoms with Crippen LogP contribution in [0.5, 0.6) is 5.75 Å². The summed E-state index contributed by atoms with van der Waals surface area (Å²) in [6.45, 7) is 4.43. The predicted octanol–water partition coefficient (Wildman–Crippen LogP) is 0.362. The van der Waals surface area contributed by atoms with Crippen molar-refractivity contribution in [1.29, 1.82) is 0 Å². The van der Waals surface area contributed by atoms with Gasteiger partial charge in [-0.2, -0.15) is 0 Å². The molecule has 2 aliphatic rings. The lowest BCUT2D eigenvalue weighted by Crippen LogP contribution is -2.56. The summed E-state index contributed by atoms with van der Waals surface area (Å²) in [7, 11) is 0. The van der Waals surface area contributed by atoms with Gasteiger partial charge < -0.3 is 15.8 Å². The van der Waals surface area contributed by atoms with Crippen molar-refractivity contribution >= 4 is 0 Å². The lowest BCUT2D eigenvalue weighted by molar-refractivity contribution is 0.101. The maximum atomic E-state index is 13.2. The number of hydrogen-bond donors (Lipinski definition) is 2. The molecule has 1 aromatic rings. The molecule has 2 aliphatic heterocycles. The van der Waals surface area contributed by atoms with Crippen molar-refractivity contribution in [3.63, 3.8) is 0 Å². The number of fused-ring (bicyclic) bond motifs is 1. The fourth-order valence-electron chi connectivity index (χ4n) is 2.93. The Labute approximate surface area is 112 Å². The van der Waals surface area contributed by atoms with Gasteiger partial charge in [-0.15, -0.1) is 0 Å². The van der Waals surface area contributed by atoms with Crippen molar-refractivity contribution in [2.24, 2.45) is 5.73 Å². The number of ether oxygens (including phenoxy) is 1. The first-order chi connectivity index (χ1) is 9.26. The molecule has 2 unspecified atom stereocenters. The SMILES string of the molecule is NCC1CNCCN1CC1Cc2cc(F)ccc2O1. The van der Waals surface area contributed by atoms with Gasteiger partial charge in [0, 0.05) is 50.7 Å². The van der Waals surface area contributed by atoms with Crippen molar-refractivity contribution in [1.82, 2.24) is 10.2 Å². The second-order valence-corrected chi connectivity index (χ2v) is 5.28. The molecule has 0 radical (unpaired) electrons. The molecular formula is C14H20FN3O. The normalized spacial score (nSPS) is 27.1. The predicted molar refractivity (Wildman–Crippen MR) is 71.8 cm³/mol. The molecule has 2 atom stereocenters. The number of rotatable bonds is 3. The van der Waals surface area contributed by atoms with Crippen LogP contribution in [0.4, 0.5) is 4.39 Å². The van der Waals surface area contributed by atoms with Gasteiger partial charge in [-0.25, -0.2) is 4.39 Å². The fraction of sp³-hybridized carbons (Fsp3) is 0.571. The largest absolute Gasteiger partial charge is 0.488 e. The van der Waals surface area contributed by atoms with Crippen LogP contribution in [0.2, 0.25) is 0 Å². The zero-order valence-electron chi connectivity index (χ0n) is 10.9. The summed E-state index contributed by atoms with van der Waals surface area (Å²) >= 11 is 0. The van der Waals surface area contributed by atoms with Crippen molar-refractivity contribution in [2.75, 3.05) is 32.7 Å². The minimum absolute atomic E-state index is 0.115. The summed E-state index contributed by atoms with van der Waals surface area (Å²) in [5, 5.41) is 3.35. The van der Waals surface area contributed by atoms with Crippen LogP contribution in [0.15, 0.2) is 18.2 Å². The minimum Gasteiger partial charge on any atom is -0.488 e. The van der Waals surface area contributed by atoms with Crippen LogP contribution in [-0.4, -0.2) is 49.8 Å². The molecule has 1 aromatic carbocycles. The van der Waals surface area contributed by atoms with Gasteiger partial charge in [0.25, 0.3) is 0 Å². The number of nitrogens with zero attached hydrogens (tertiary/aromatic N) is 1. The molecule has 104 valence electrons. The molecule has 0 bridgehead atoms. The smallest absolute Gasteiger partial charge is 0.123 e. The highest BCUT2D eigenvalue weighted by molar-refractivity contribution is 5.37. The van der Waals surface area contributed by atoms with Gasteiger partial charge in [0.2, 0.25) is 0 Å². The maximum Gasteiger partial charge on any atom is 0.123 e. The van der Waals surface area contributed by atoms with Gasteiger partial charge in [-0.05, 0) is 18.2 Å². The van der Waals surface area contributed by atoms with Crippen LogP contribution >= 0.6 is 0 Å². The van der Waals surface area contributed by atoms with E-state index >= 15 is 0 Å². The Morgan fingerprint density at radius 1 is 1.47 bits per heavy atom. The fourth-order valence-corrected chi connectivity index (χ4v) is 2.93. The number of nitrogens with one attached hydrogen (secondary N) is 1. The molecule has 0 amide bonds. The highest BCUT2D eigenvalue weighted by Gasteiger charge is 2.29. The molecule has 5 heteroatoms. The number of piperazine rings is 1. The third kappa shape index (κ3) is 2.73. The van der Waals surface area contributed by atoms with E-state index in [9.17, 15) is 4.39 Å². The van der Waals surface area contributed by atoms with E-state index in [1.165, 1.54) is 6.07 Å². The Kier molecular flexibility index (Phi) is 3.68. The molecule has 1 fully saturated rings. The van der Waals surface area contributed by atoms with E-state index in [0.717, 1.165) is 43.9 Å². The first-order valence-electron chi connectivity index (χ1n) is 6.86. The first-order valence-corrected chi connectivity index (χ1v) is 6.86. The number of hydrogen-bond acceptors (Lipinski definition) is 4. The Morgan fingerprint density at radius 2 is 2.37 bits per heavy atom. The van der Waals surface area contributed by atoms with Gasteiger partial charge >= 0.3 is 0 Å². The summed E-state index contributed by atoms with van der Waals surface area (Å²) in [4.78, 5) is 2.38. The standard InChI is InChI=1S/C14H20FN3O/c15-11-1-2-14-10(5-11)6-13(19-14)9-18-4-3-17-8-12(18)7-16/h1-2,5,12-13,17H,3-4,6-9,16H2. The zero-order valence-corrected chi connectivity index (χ0v) is 10.9. The molecule has 0 saturated carbocycles. The van der Waals surface area contributed by atoms with E-state index in [0.29, 0.717) is 12.6 Å². The van der Waals surface area contributed by atoms with Crippen LogP contribution in [0.1, 0.15) is 5.56 Å². The summed E-state index contributed by atoms with van der Waals surface area (Å²) in [5.41, 5.74) is 6.78. The molecule has 3 rings (SSSR count). The molecule has 0 spiro atoms. The Morgan fingerprint density at radius 3 is 3.21 bits per heavy atom. The van der Waals surface area contributed by atoms with Gasteiger partial charge in [0.05, 0.1) is 0 Å². The monoisotopic (exact) mass is 265 g/mol. The van der Waals surface area contributed by atoms with Crippen molar-refractivity contribution in [3.8, 4) is 5.75 Å². The van der Waals surface area contributed by atoms with E-state index in [1.54, 1.807) is 12.1 Å². The number of nitrogens with two attached hydrogens (primary N) is 1. The van der Waals surface area contributed by atoms with Crippen LogP contribution in [0.25, 0.3) is 0 Å². The van der Waals surface area contributed by atoms with Crippen molar-refractivity contribution < 1.29 is 9.13 Å². The van der Waals surface area contributed by atoms with E-state index in [2.05, 4.69) is 10.2 Å². The van der Waals surface area contributed by atoms with Crippen LogP contribution in [0, 0.1) is 5.82 Å². The second-order valence-electron chi connectivity index (χ2n) is 5.28. The van der Waals surface area contributed by atoms with Gasteiger partial charge in [-0.3, -0.25) is 4.90 Å². The molecule has 2 heterocycles. The Hall–Kier alpha value is -1.17. The summed E-state index contributed by atoms with van der Waals surface area (Å²) in [6, 6.07) is 5.13. The summed E-state index contributed by atoms with van der Waals surface area (Å²) in [6.07, 6.45) is 0.901. The lowest BCUT2D eigenvalue weighted by atomic mass is 10.1. The van der Waals surface area contributed by atoms with Gasteiger partial charge in [0.1, 0.15) is 17.7 Å². The molecule has 0 aliphatic carbocycles. The average molecular weight is 265 g/mol. The second kappa shape index (κ2) is 5.45. The Bertz CT molecular complexity index is 454. The number of benzene rings is 1. The quantitative estimate of drug-likeness (QED) is 0.828. The maximum absolute atomic E-state index is 13.2. The first kappa shape index (κ1) is 12.8. The minimum atomic E-state index is -0.190. The van der Waals surface area contributed by atoms with Crippen LogP contribution in [-0.2, 0) is 6.42 Å². The molecule has 4 nitrogen and oxygen atoms in total. The Balaban J connectivity index is 1.63. The van der Waals surface area contributed by atoms with Crippen molar-refractivity contribution in [3.05, 3.63) is 29.6 Å². The highest BCUT2D eigenvalue weighted by Crippen LogP contribution is 2.29. The zero-order chi connectivity index (χ0) is 13.2. The molecule has 0 aromatic heterocycles. The summed E-state index contributed by atoms with van der Waals surface area (Å²) in [5.74, 6) is 0.635. The molecular weight excluding hydrogens is 245 g/mol. The van der Waals surface area contributed by atoms with Gasteiger partial charge in [0.15, 0.2) is 0 Å². The molecule has 3 N–H and O–H groups in total. The van der Waals surface area contributed by atoms with Crippen LogP contribution in [0.3, 0.4) is 0 Å². The van der Waals surface area contributed by atoms with E-state index in [4.69, 9.17) is 10.5 Å². The molecule has 1 saturated heterocycles. The third-order valence-electron chi connectivity index (χ3n) is 3.95. The van der Waals surface area contributed by atoms with Gasteiger partial charge in [-0.1, -0.05) is 0 Å². The van der Waals surface area contributed by atoms with Crippen molar-refractivity contribution in [2.45, 2.75) is 18.6 Å². The van der Waals surface area contributed by atoms with Crippen LogP contribution < -0.4 is 15.8 Å². The van der Waals surface area contributed by atoms with E-state index in [-0.39, 0.29) is 11.9 Å². The van der Waals surface area contributed by atoms with E-state index < -0.39 is 0 Å². The average Bonchev–Trinajstić information content (AvgIpc) is 2.80. The summed E-state index contributed by atoms with van der Waals surface area (Å²) < 4.78 is 19.1. The third-order valence-corrected chi connectivity index (χ3v) is 3.95. The lowest BCUT2D eigenvalue weighted by Gasteiger charge is -2.36. The highest BCUT2D eigenvalue weighted by atomic mass is 19.1. The topological polar surface area (TPSA) is 50.5 Å².